The van der Waals surface area contributed by atoms with Crippen molar-refractivity contribution in [3.05, 3.63) is 63.6 Å². The number of sulfonamides is 1. The summed E-state index contributed by atoms with van der Waals surface area (Å²) in [6, 6.07) is 8.21. The van der Waals surface area contributed by atoms with Gasteiger partial charge in [-0.3, -0.25) is 0 Å². The van der Waals surface area contributed by atoms with Crippen molar-refractivity contribution >= 4 is 33.0 Å². The highest BCUT2D eigenvalue weighted by Gasteiger charge is 2.25. The first-order valence-electron chi connectivity index (χ1n) is 6.43. The Hall–Kier alpha value is -1.72. The molecule has 0 spiro atoms. The maximum atomic E-state index is 13.4. The van der Waals surface area contributed by atoms with E-state index in [1.807, 2.05) is 0 Å². The normalized spacial score (nSPS) is 11.4. The van der Waals surface area contributed by atoms with Gasteiger partial charge in [-0.05, 0) is 30.3 Å². The number of thiophene rings is 1. The Morgan fingerprint density at radius 3 is 2.70 bits per heavy atom. The predicted octanol–water partition coefficient (Wildman–Crippen LogP) is 3.79. The molecule has 4 nitrogen and oxygen atoms in total. The molecule has 0 saturated heterocycles. The van der Waals surface area contributed by atoms with Crippen LogP contribution in [0, 0.1) is 17.1 Å². The molecule has 1 aromatic carbocycles. The van der Waals surface area contributed by atoms with Crippen LogP contribution in [-0.4, -0.2) is 19.3 Å². The van der Waals surface area contributed by atoms with E-state index in [-0.39, 0.29) is 23.5 Å². The van der Waals surface area contributed by atoms with Crippen LogP contribution in [0.25, 0.3) is 0 Å². The van der Waals surface area contributed by atoms with Crippen molar-refractivity contribution in [2.45, 2.75) is 11.4 Å². The third kappa shape index (κ3) is 3.98. The molecule has 2 rings (SSSR count). The van der Waals surface area contributed by atoms with E-state index in [2.05, 4.69) is 6.58 Å². The molecule has 0 aliphatic rings. The number of halogens is 2. The Bertz CT molecular complexity index is 872. The molecule has 0 aliphatic heterocycles. The molecule has 0 N–H and O–H groups in total. The van der Waals surface area contributed by atoms with Gasteiger partial charge in [0.15, 0.2) is 0 Å². The number of hydrogen-bond donors (Lipinski definition) is 0. The molecule has 120 valence electrons. The summed E-state index contributed by atoms with van der Waals surface area (Å²) in [4.78, 5) is 0.628. The van der Waals surface area contributed by atoms with Crippen LogP contribution in [0.5, 0.6) is 0 Å². The molecule has 23 heavy (non-hydrogen) atoms. The summed E-state index contributed by atoms with van der Waals surface area (Å²) in [5, 5.41) is 8.86. The molecule has 0 radical (unpaired) electrons. The molecular weight excluding hydrogens is 359 g/mol. The average molecular weight is 371 g/mol. The van der Waals surface area contributed by atoms with E-state index in [0.29, 0.717) is 4.34 Å². The lowest BCUT2D eigenvalue weighted by Crippen LogP contribution is -2.30. The van der Waals surface area contributed by atoms with Crippen molar-refractivity contribution in [2.24, 2.45) is 0 Å². The summed E-state index contributed by atoms with van der Waals surface area (Å²) < 4.78 is 40.6. The van der Waals surface area contributed by atoms with E-state index in [1.54, 1.807) is 18.2 Å². The summed E-state index contributed by atoms with van der Waals surface area (Å²) in [5.41, 5.74) is -0.316. The van der Waals surface area contributed by atoms with Crippen LogP contribution in [0.15, 0.2) is 47.9 Å². The molecular formula is C15H12ClFN2O2S2. The topological polar surface area (TPSA) is 61.2 Å². The molecule has 8 heteroatoms. The molecule has 0 unspecified atom stereocenters. The van der Waals surface area contributed by atoms with Gasteiger partial charge in [-0.1, -0.05) is 17.7 Å². The van der Waals surface area contributed by atoms with Crippen LogP contribution in [0.2, 0.25) is 4.34 Å². The summed E-state index contributed by atoms with van der Waals surface area (Å²) >= 11 is 7.14. The molecule has 2 aromatic rings. The molecule has 0 bridgehead atoms. The standard InChI is InChI=1S/C15H12ClFN2O2S2/c1-2-7-19(10-12-3-6-15(16)22-12)23(20,21)13-4-5-14(17)11(8-13)9-18/h2-6,8H,1,7,10H2. The van der Waals surface area contributed by atoms with E-state index in [0.717, 1.165) is 23.1 Å². The van der Waals surface area contributed by atoms with Crippen LogP contribution in [0.4, 0.5) is 4.39 Å². The molecule has 0 fully saturated rings. The summed E-state index contributed by atoms with van der Waals surface area (Å²) in [6.07, 6.45) is 1.46. The van der Waals surface area contributed by atoms with Gasteiger partial charge < -0.3 is 0 Å². The lowest BCUT2D eigenvalue weighted by atomic mass is 10.2. The van der Waals surface area contributed by atoms with Crippen LogP contribution in [0.1, 0.15) is 10.4 Å². The molecule has 1 aromatic heterocycles. The van der Waals surface area contributed by atoms with Gasteiger partial charge in [-0.2, -0.15) is 9.57 Å². The molecule has 0 aliphatic carbocycles. The lowest BCUT2D eigenvalue weighted by molar-refractivity contribution is 0.441. The zero-order valence-electron chi connectivity index (χ0n) is 11.9. The predicted molar refractivity (Wildman–Crippen MR) is 88.2 cm³/mol. The Morgan fingerprint density at radius 2 is 2.13 bits per heavy atom. The Kier molecular flexibility index (Phi) is 5.55. The van der Waals surface area contributed by atoms with Crippen molar-refractivity contribution in [3.63, 3.8) is 0 Å². The van der Waals surface area contributed by atoms with Crippen LogP contribution < -0.4 is 0 Å². The molecule has 0 atom stereocenters. The minimum absolute atomic E-state index is 0.0805. The number of rotatable bonds is 6. The van der Waals surface area contributed by atoms with Crippen molar-refractivity contribution in [1.82, 2.24) is 4.31 Å². The summed E-state index contributed by atoms with van der Waals surface area (Å²) in [5.74, 6) is -0.758. The highest BCUT2D eigenvalue weighted by atomic mass is 35.5. The van der Waals surface area contributed by atoms with E-state index in [4.69, 9.17) is 16.9 Å². The van der Waals surface area contributed by atoms with Gasteiger partial charge in [0, 0.05) is 18.0 Å². The highest BCUT2D eigenvalue weighted by Crippen LogP contribution is 2.26. The van der Waals surface area contributed by atoms with Gasteiger partial charge in [0.2, 0.25) is 10.0 Å². The molecule has 0 amide bonds. The third-order valence-corrected chi connectivity index (χ3v) is 6.01. The number of hydrogen-bond acceptors (Lipinski definition) is 4. The highest BCUT2D eigenvalue weighted by molar-refractivity contribution is 7.89. The van der Waals surface area contributed by atoms with E-state index in [1.165, 1.54) is 21.7 Å². The summed E-state index contributed by atoms with van der Waals surface area (Å²) in [6.45, 7) is 3.76. The average Bonchev–Trinajstić information content (AvgIpc) is 2.92. The second-order valence-corrected chi connectivity index (χ2v) is 8.28. The maximum Gasteiger partial charge on any atom is 0.243 e. The van der Waals surface area contributed by atoms with Gasteiger partial charge >= 0.3 is 0 Å². The van der Waals surface area contributed by atoms with E-state index in [9.17, 15) is 12.8 Å². The van der Waals surface area contributed by atoms with Crippen molar-refractivity contribution in [2.75, 3.05) is 6.54 Å². The molecule has 0 saturated carbocycles. The van der Waals surface area contributed by atoms with Gasteiger partial charge in [0.25, 0.3) is 0 Å². The largest absolute Gasteiger partial charge is 0.243 e. The smallest absolute Gasteiger partial charge is 0.207 e. The zero-order valence-corrected chi connectivity index (χ0v) is 14.3. The van der Waals surface area contributed by atoms with E-state index < -0.39 is 15.8 Å². The minimum atomic E-state index is -3.89. The van der Waals surface area contributed by atoms with Crippen LogP contribution in [0.3, 0.4) is 0 Å². The minimum Gasteiger partial charge on any atom is -0.207 e. The fraction of sp³-hybridized carbons (Fsp3) is 0.133. The lowest BCUT2D eigenvalue weighted by Gasteiger charge is -2.20. The molecule has 1 heterocycles. The maximum absolute atomic E-state index is 13.4. The van der Waals surface area contributed by atoms with Crippen LogP contribution >= 0.6 is 22.9 Å². The Morgan fingerprint density at radius 1 is 1.39 bits per heavy atom. The first-order chi connectivity index (χ1) is 10.9. The number of benzene rings is 1. The van der Waals surface area contributed by atoms with Gasteiger partial charge in [0.05, 0.1) is 14.8 Å². The van der Waals surface area contributed by atoms with Gasteiger partial charge in [-0.15, -0.1) is 17.9 Å². The zero-order chi connectivity index (χ0) is 17.0. The second-order valence-electron chi connectivity index (χ2n) is 4.55. The Labute approximate surface area is 143 Å². The summed E-state index contributed by atoms with van der Waals surface area (Å²) in [7, 11) is -3.89. The quantitative estimate of drug-likeness (QED) is 0.727. The number of nitrogens with zero attached hydrogens (tertiary/aromatic N) is 2. The first-order valence-corrected chi connectivity index (χ1v) is 9.07. The second kappa shape index (κ2) is 7.23. The van der Waals surface area contributed by atoms with Crippen LogP contribution in [-0.2, 0) is 16.6 Å². The fourth-order valence-corrected chi connectivity index (χ4v) is 4.50. The Balaban J connectivity index is 2.40. The first kappa shape index (κ1) is 17.6. The monoisotopic (exact) mass is 370 g/mol. The van der Waals surface area contributed by atoms with Crippen molar-refractivity contribution < 1.29 is 12.8 Å². The number of nitriles is 1. The van der Waals surface area contributed by atoms with Crippen molar-refractivity contribution in [1.29, 1.82) is 5.26 Å². The van der Waals surface area contributed by atoms with Crippen molar-refractivity contribution in [3.8, 4) is 6.07 Å². The van der Waals surface area contributed by atoms with Gasteiger partial charge in [-0.25, -0.2) is 12.8 Å². The van der Waals surface area contributed by atoms with E-state index >= 15 is 0 Å². The third-order valence-electron chi connectivity index (χ3n) is 2.99. The van der Waals surface area contributed by atoms with Gasteiger partial charge in [0.1, 0.15) is 11.9 Å². The fourth-order valence-electron chi connectivity index (χ4n) is 1.90. The SMILES string of the molecule is C=CCN(Cc1ccc(Cl)s1)S(=O)(=O)c1ccc(F)c(C#N)c1.